The largest absolute Gasteiger partial charge is 0.490 e. The molecule has 132 valence electrons. The van der Waals surface area contributed by atoms with Gasteiger partial charge in [-0.05, 0) is 41.7 Å². The minimum Gasteiger partial charge on any atom is -0.490 e. The third-order valence-corrected chi connectivity index (χ3v) is 4.90. The maximum absolute atomic E-state index is 12.0. The molecule has 0 aliphatic carbocycles. The first-order chi connectivity index (χ1) is 12.0. The summed E-state index contributed by atoms with van der Waals surface area (Å²) in [7, 11) is 0. The Labute approximate surface area is 149 Å². The molecular weight excluding hydrogens is 314 g/mol. The molecule has 1 saturated heterocycles. The number of nitrogens with zero attached hydrogens (tertiary/aromatic N) is 1. The molecule has 1 aliphatic heterocycles. The van der Waals surface area contributed by atoms with Crippen molar-refractivity contribution >= 4 is 11.8 Å². The van der Waals surface area contributed by atoms with Crippen molar-refractivity contribution in [1.82, 2.24) is 0 Å². The van der Waals surface area contributed by atoms with E-state index in [4.69, 9.17) is 9.47 Å². The van der Waals surface area contributed by atoms with Gasteiger partial charge < -0.3 is 9.47 Å². The van der Waals surface area contributed by atoms with Gasteiger partial charge in [0.15, 0.2) is 6.10 Å². The van der Waals surface area contributed by atoms with Crippen molar-refractivity contribution in [2.45, 2.75) is 38.7 Å². The van der Waals surface area contributed by atoms with Gasteiger partial charge in [-0.25, -0.2) is 4.79 Å². The van der Waals surface area contributed by atoms with Crippen molar-refractivity contribution in [3.63, 3.8) is 0 Å². The zero-order chi connectivity index (χ0) is 17.9. The molecular formula is C21H25NO3. The Bertz CT molecular complexity index is 710. The Morgan fingerprint density at radius 2 is 1.80 bits per heavy atom. The quantitative estimate of drug-likeness (QED) is 0.760. The third-order valence-electron chi connectivity index (χ3n) is 4.90. The number of ether oxygens (including phenoxy) is 2. The number of rotatable bonds is 6. The number of carbonyl (C=O) groups excluding carboxylic acids is 1. The van der Waals surface area contributed by atoms with Crippen LogP contribution in [0.3, 0.4) is 0 Å². The Balaban J connectivity index is 1.57. The highest BCUT2D eigenvalue weighted by atomic mass is 16.6. The highest BCUT2D eigenvalue weighted by Gasteiger charge is 2.32. The lowest BCUT2D eigenvalue weighted by Crippen LogP contribution is -2.26. The van der Waals surface area contributed by atoms with Crippen molar-refractivity contribution in [3.8, 4) is 5.75 Å². The number of carbonyl (C=O) groups is 1. The van der Waals surface area contributed by atoms with Crippen molar-refractivity contribution < 1.29 is 14.3 Å². The topological polar surface area (TPSA) is 38.8 Å². The van der Waals surface area contributed by atoms with E-state index >= 15 is 0 Å². The molecule has 1 amide bonds. The minimum absolute atomic E-state index is 0.162. The summed E-state index contributed by atoms with van der Waals surface area (Å²) in [6, 6.07) is 17.7. The number of para-hydroxylation sites is 1. The highest BCUT2D eigenvalue weighted by Crippen LogP contribution is 2.28. The third kappa shape index (κ3) is 3.95. The van der Waals surface area contributed by atoms with Gasteiger partial charge in [0.2, 0.25) is 0 Å². The van der Waals surface area contributed by atoms with Crippen LogP contribution in [0.15, 0.2) is 54.6 Å². The summed E-state index contributed by atoms with van der Waals surface area (Å²) in [6.45, 7) is 7.52. The van der Waals surface area contributed by atoms with Crippen LogP contribution in [0.2, 0.25) is 0 Å². The first kappa shape index (κ1) is 17.3. The van der Waals surface area contributed by atoms with Gasteiger partial charge in [0, 0.05) is 5.69 Å². The van der Waals surface area contributed by atoms with E-state index in [9.17, 15) is 4.79 Å². The summed E-state index contributed by atoms with van der Waals surface area (Å²) >= 11 is 0. The molecule has 0 bridgehead atoms. The maximum atomic E-state index is 12.0. The van der Waals surface area contributed by atoms with E-state index in [2.05, 4.69) is 32.9 Å². The Kier molecular flexibility index (Phi) is 4.98. The summed E-state index contributed by atoms with van der Waals surface area (Å²) in [5.41, 5.74) is 2.31. The summed E-state index contributed by atoms with van der Waals surface area (Å²) < 4.78 is 11.2. The second-order valence-electron chi connectivity index (χ2n) is 7.02. The van der Waals surface area contributed by atoms with Crippen LogP contribution < -0.4 is 9.64 Å². The molecule has 0 N–H and O–H groups in total. The summed E-state index contributed by atoms with van der Waals surface area (Å²) in [5, 5.41) is 0. The number of hydrogen-bond donors (Lipinski definition) is 0. The van der Waals surface area contributed by atoms with E-state index in [0.717, 1.165) is 17.9 Å². The van der Waals surface area contributed by atoms with E-state index < -0.39 is 0 Å². The zero-order valence-electron chi connectivity index (χ0n) is 15.1. The lowest BCUT2D eigenvalue weighted by Gasteiger charge is -2.23. The van der Waals surface area contributed by atoms with Gasteiger partial charge in [-0.1, -0.05) is 51.1 Å². The average molecular weight is 339 g/mol. The summed E-state index contributed by atoms with van der Waals surface area (Å²) in [6.07, 6.45) is 0.500. The molecule has 0 aromatic heterocycles. The lowest BCUT2D eigenvalue weighted by molar-refractivity contribution is 0.105. The van der Waals surface area contributed by atoms with Crippen LogP contribution in [0, 0.1) is 0 Å². The molecule has 2 aromatic carbocycles. The fraction of sp³-hybridized carbons (Fsp3) is 0.381. The monoisotopic (exact) mass is 339 g/mol. The van der Waals surface area contributed by atoms with Gasteiger partial charge in [-0.3, -0.25) is 4.90 Å². The fourth-order valence-corrected chi connectivity index (χ4v) is 2.82. The predicted molar refractivity (Wildman–Crippen MR) is 99.3 cm³/mol. The molecule has 0 radical (unpaired) electrons. The maximum Gasteiger partial charge on any atom is 0.414 e. The second-order valence-corrected chi connectivity index (χ2v) is 7.02. The van der Waals surface area contributed by atoms with E-state index in [0.29, 0.717) is 13.2 Å². The highest BCUT2D eigenvalue weighted by molar-refractivity contribution is 5.89. The fourth-order valence-electron chi connectivity index (χ4n) is 2.82. The van der Waals surface area contributed by atoms with Gasteiger partial charge in [0.1, 0.15) is 12.4 Å². The summed E-state index contributed by atoms with van der Waals surface area (Å²) in [5.74, 6) is 0.796. The van der Waals surface area contributed by atoms with Crippen molar-refractivity contribution in [1.29, 1.82) is 0 Å². The van der Waals surface area contributed by atoms with Gasteiger partial charge in [-0.15, -0.1) is 0 Å². The molecule has 4 heteroatoms. The van der Waals surface area contributed by atoms with Gasteiger partial charge in [-0.2, -0.15) is 0 Å². The molecule has 3 rings (SSSR count). The van der Waals surface area contributed by atoms with Crippen LogP contribution in [0.5, 0.6) is 5.75 Å². The Morgan fingerprint density at radius 3 is 2.44 bits per heavy atom. The molecule has 1 heterocycles. The molecule has 4 nitrogen and oxygen atoms in total. The van der Waals surface area contributed by atoms with Crippen LogP contribution in [-0.4, -0.2) is 25.3 Å². The number of anilines is 1. The van der Waals surface area contributed by atoms with Crippen molar-refractivity contribution in [2.75, 3.05) is 18.1 Å². The van der Waals surface area contributed by atoms with E-state index in [1.54, 1.807) is 4.90 Å². The molecule has 25 heavy (non-hydrogen) atoms. The first-order valence-electron chi connectivity index (χ1n) is 8.76. The molecule has 0 spiro atoms. The zero-order valence-corrected chi connectivity index (χ0v) is 15.1. The van der Waals surface area contributed by atoms with E-state index in [1.165, 1.54) is 5.56 Å². The normalized spacial score (nSPS) is 17.5. The number of hydrogen-bond acceptors (Lipinski definition) is 3. The molecule has 1 aliphatic rings. The van der Waals surface area contributed by atoms with E-state index in [1.807, 2.05) is 42.5 Å². The predicted octanol–water partition coefficient (Wildman–Crippen LogP) is 4.78. The number of cyclic esters (lactones) is 1. The lowest BCUT2D eigenvalue weighted by atomic mass is 9.82. The molecule has 2 aromatic rings. The Hall–Kier alpha value is -2.49. The molecule has 1 fully saturated rings. The van der Waals surface area contributed by atoms with Gasteiger partial charge >= 0.3 is 6.09 Å². The van der Waals surface area contributed by atoms with Crippen molar-refractivity contribution in [3.05, 3.63) is 60.2 Å². The molecule has 0 saturated carbocycles. The SMILES string of the molecule is CCC(C)(C)c1ccc(OCC2CN(c3ccccc3)C(=O)O2)cc1. The Morgan fingerprint density at radius 1 is 1.12 bits per heavy atom. The number of amides is 1. The van der Waals surface area contributed by atoms with Crippen LogP contribution in [0.25, 0.3) is 0 Å². The minimum atomic E-state index is -0.320. The second kappa shape index (κ2) is 7.18. The van der Waals surface area contributed by atoms with Gasteiger partial charge in [0.25, 0.3) is 0 Å². The van der Waals surface area contributed by atoms with E-state index in [-0.39, 0.29) is 17.6 Å². The standard InChI is InChI=1S/C21H25NO3/c1-4-21(2,3)16-10-12-18(13-11-16)24-15-19-14-22(20(23)25-19)17-8-6-5-7-9-17/h5-13,19H,4,14-15H2,1-3H3. The van der Waals surface area contributed by atoms with Crippen LogP contribution in [-0.2, 0) is 10.2 Å². The van der Waals surface area contributed by atoms with Crippen LogP contribution in [0.1, 0.15) is 32.8 Å². The molecule has 1 unspecified atom stereocenters. The number of benzene rings is 2. The summed E-state index contributed by atoms with van der Waals surface area (Å²) in [4.78, 5) is 13.7. The van der Waals surface area contributed by atoms with Crippen LogP contribution in [0.4, 0.5) is 10.5 Å². The smallest absolute Gasteiger partial charge is 0.414 e. The average Bonchev–Trinajstić information content (AvgIpc) is 3.02. The molecule has 1 atom stereocenters. The first-order valence-corrected chi connectivity index (χ1v) is 8.76. The van der Waals surface area contributed by atoms with Crippen molar-refractivity contribution in [2.24, 2.45) is 0 Å². The van der Waals surface area contributed by atoms with Gasteiger partial charge in [0.05, 0.1) is 6.54 Å². The van der Waals surface area contributed by atoms with Crippen LogP contribution >= 0.6 is 0 Å².